The van der Waals surface area contributed by atoms with Crippen molar-refractivity contribution in [2.45, 2.75) is 57.8 Å². The van der Waals surface area contributed by atoms with Crippen molar-refractivity contribution in [1.82, 2.24) is 0 Å². The summed E-state index contributed by atoms with van der Waals surface area (Å²) in [5, 5.41) is 0. The van der Waals surface area contributed by atoms with Crippen LogP contribution in [0.1, 0.15) is 57.9 Å². The quantitative estimate of drug-likeness (QED) is 0.806. The van der Waals surface area contributed by atoms with Crippen molar-refractivity contribution >= 4 is 0 Å². The summed E-state index contributed by atoms with van der Waals surface area (Å²) in [7, 11) is 1.71. The minimum Gasteiger partial charge on any atom is -0.497 e. The van der Waals surface area contributed by atoms with Gasteiger partial charge in [0.1, 0.15) is 5.75 Å². The molecular formula is C18H29NO. The first-order valence-electron chi connectivity index (χ1n) is 7.98. The highest BCUT2D eigenvalue weighted by molar-refractivity contribution is 5.36. The van der Waals surface area contributed by atoms with Crippen LogP contribution in [0.15, 0.2) is 24.3 Å². The van der Waals surface area contributed by atoms with E-state index in [1.54, 1.807) is 7.11 Å². The Morgan fingerprint density at radius 2 is 1.60 bits per heavy atom. The van der Waals surface area contributed by atoms with Gasteiger partial charge >= 0.3 is 0 Å². The Balaban J connectivity index is 2.16. The zero-order valence-electron chi connectivity index (χ0n) is 13.2. The maximum Gasteiger partial charge on any atom is 0.118 e. The Morgan fingerprint density at radius 1 is 1.05 bits per heavy atom. The van der Waals surface area contributed by atoms with Crippen molar-refractivity contribution in [2.75, 3.05) is 13.7 Å². The molecule has 1 aliphatic rings. The number of benzene rings is 1. The molecule has 0 heterocycles. The second kappa shape index (κ2) is 6.17. The molecule has 2 nitrogen and oxygen atoms in total. The van der Waals surface area contributed by atoms with Crippen molar-refractivity contribution < 1.29 is 4.74 Å². The van der Waals surface area contributed by atoms with E-state index in [1.165, 1.54) is 44.1 Å². The van der Waals surface area contributed by atoms with Gasteiger partial charge in [-0.25, -0.2) is 0 Å². The SMILES string of the molecule is CCCC1(CCC)CC(CN)(c2ccc(OC)cc2)C1. The lowest BCUT2D eigenvalue weighted by molar-refractivity contribution is 0.00782. The number of hydrogen-bond donors (Lipinski definition) is 1. The third-order valence-electron chi connectivity index (χ3n) is 5.08. The molecule has 0 unspecified atom stereocenters. The normalized spacial score (nSPS) is 19.4. The average Bonchev–Trinajstić information content (AvgIpc) is 2.44. The van der Waals surface area contributed by atoms with Crippen LogP contribution < -0.4 is 10.5 Å². The maximum atomic E-state index is 6.15. The highest BCUT2D eigenvalue weighted by Gasteiger charge is 2.53. The summed E-state index contributed by atoms with van der Waals surface area (Å²) >= 11 is 0. The molecule has 0 saturated heterocycles. The van der Waals surface area contributed by atoms with Crippen molar-refractivity contribution in [3.05, 3.63) is 29.8 Å². The standard InChI is InChI=1S/C18H29NO/c1-4-10-17(11-5-2)12-18(13-17,14-19)15-6-8-16(20-3)9-7-15/h6-9H,4-5,10-14,19H2,1-3H3. The van der Waals surface area contributed by atoms with Crippen molar-refractivity contribution in [3.63, 3.8) is 0 Å². The molecule has 1 aromatic carbocycles. The van der Waals surface area contributed by atoms with Gasteiger partial charge in [-0.15, -0.1) is 0 Å². The summed E-state index contributed by atoms with van der Waals surface area (Å²) < 4.78 is 5.25. The fourth-order valence-electron chi connectivity index (χ4n) is 4.33. The van der Waals surface area contributed by atoms with E-state index < -0.39 is 0 Å². The van der Waals surface area contributed by atoms with Crippen LogP contribution in [-0.4, -0.2) is 13.7 Å². The van der Waals surface area contributed by atoms with Crippen LogP contribution in [0.5, 0.6) is 5.75 Å². The topological polar surface area (TPSA) is 35.2 Å². The first-order chi connectivity index (χ1) is 9.63. The summed E-state index contributed by atoms with van der Waals surface area (Å²) in [6.07, 6.45) is 7.76. The Bertz CT molecular complexity index is 410. The van der Waals surface area contributed by atoms with Gasteiger partial charge < -0.3 is 10.5 Å². The van der Waals surface area contributed by atoms with Crippen LogP contribution in [0, 0.1) is 5.41 Å². The molecule has 1 aromatic rings. The Hall–Kier alpha value is -1.02. The highest BCUT2D eigenvalue weighted by atomic mass is 16.5. The maximum absolute atomic E-state index is 6.15. The summed E-state index contributed by atoms with van der Waals surface area (Å²) in [5.41, 5.74) is 8.30. The molecule has 2 heteroatoms. The van der Waals surface area contributed by atoms with Crippen LogP contribution in [0.2, 0.25) is 0 Å². The predicted molar refractivity (Wildman–Crippen MR) is 85.2 cm³/mol. The van der Waals surface area contributed by atoms with E-state index in [1.807, 2.05) is 0 Å². The lowest BCUT2D eigenvalue weighted by atomic mass is 9.48. The van der Waals surface area contributed by atoms with E-state index in [-0.39, 0.29) is 5.41 Å². The van der Waals surface area contributed by atoms with E-state index in [2.05, 4.69) is 38.1 Å². The zero-order valence-corrected chi connectivity index (χ0v) is 13.2. The lowest BCUT2D eigenvalue weighted by Gasteiger charge is -2.57. The van der Waals surface area contributed by atoms with Crippen molar-refractivity contribution in [2.24, 2.45) is 11.1 Å². The van der Waals surface area contributed by atoms with Gasteiger partial charge in [-0.3, -0.25) is 0 Å². The van der Waals surface area contributed by atoms with Gasteiger partial charge in [0, 0.05) is 12.0 Å². The number of ether oxygens (including phenoxy) is 1. The third-order valence-corrected chi connectivity index (χ3v) is 5.08. The molecule has 2 N–H and O–H groups in total. The molecule has 0 radical (unpaired) electrons. The van der Waals surface area contributed by atoms with Gasteiger partial charge in [0.2, 0.25) is 0 Å². The van der Waals surface area contributed by atoms with Gasteiger partial charge in [0.05, 0.1) is 7.11 Å². The largest absolute Gasteiger partial charge is 0.497 e. The summed E-state index contributed by atoms with van der Waals surface area (Å²) in [6.45, 7) is 5.36. The van der Waals surface area contributed by atoms with Crippen LogP contribution in [-0.2, 0) is 5.41 Å². The van der Waals surface area contributed by atoms with E-state index >= 15 is 0 Å². The van der Waals surface area contributed by atoms with Crippen LogP contribution in [0.4, 0.5) is 0 Å². The Labute approximate surface area is 123 Å². The number of nitrogens with two attached hydrogens (primary N) is 1. The van der Waals surface area contributed by atoms with E-state index in [0.29, 0.717) is 5.41 Å². The van der Waals surface area contributed by atoms with E-state index in [9.17, 15) is 0 Å². The van der Waals surface area contributed by atoms with Gasteiger partial charge in [-0.2, -0.15) is 0 Å². The van der Waals surface area contributed by atoms with Crippen LogP contribution >= 0.6 is 0 Å². The number of methoxy groups -OCH3 is 1. The minimum absolute atomic E-state index is 0.205. The van der Waals surface area contributed by atoms with Crippen LogP contribution in [0.25, 0.3) is 0 Å². The molecule has 2 rings (SSSR count). The van der Waals surface area contributed by atoms with Crippen molar-refractivity contribution in [1.29, 1.82) is 0 Å². The molecule has 0 aliphatic heterocycles. The summed E-state index contributed by atoms with van der Waals surface area (Å²) in [5.74, 6) is 0.925. The van der Waals surface area contributed by atoms with E-state index in [4.69, 9.17) is 10.5 Å². The molecule has 1 saturated carbocycles. The highest BCUT2D eigenvalue weighted by Crippen LogP contribution is 2.59. The molecular weight excluding hydrogens is 246 g/mol. The minimum atomic E-state index is 0.205. The molecule has 0 atom stereocenters. The smallest absolute Gasteiger partial charge is 0.118 e. The van der Waals surface area contributed by atoms with Crippen LogP contribution in [0.3, 0.4) is 0 Å². The Kier molecular flexibility index (Phi) is 4.74. The van der Waals surface area contributed by atoms with Gasteiger partial charge in [0.25, 0.3) is 0 Å². The molecule has 0 amide bonds. The lowest BCUT2D eigenvalue weighted by Crippen LogP contribution is -2.53. The molecule has 112 valence electrons. The molecule has 0 bridgehead atoms. The second-order valence-electron chi connectivity index (χ2n) is 6.57. The molecule has 1 aliphatic carbocycles. The van der Waals surface area contributed by atoms with Crippen molar-refractivity contribution in [3.8, 4) is 5.75 Å². The monoisotopic (exact) mass is 275 g/mol. The molecule has 0 aromatic heterocycles. The van der Waals surface area contributed by atoms with Gasteiger partial charge in [-0.05, 0) is 48.8 Å². The van der Waals surface area contributed by atoms with Gasteiger partial charge in [0.15, 0.2) is 0 Å². The summed E-state index contributed by atoms with van der Waals surface area (Å²) in [4.78, 5) is 0. The predicted octanol–water partition coefficient (Wildman–Crippen LogP) is 4.27. The zero-order chi connectivity index (χ0) is 14.6. The first kappa shape index (κ1) is 15.4. The van der Waals surface area contributed by atoms with E-state index in [0.717, 1.165) is 12.3 Å². The fraction of sp³-hybridized carbons (Fsp3) is 0.667. The Morgan fingerprint density at radius 3 is 2.00 bits per heavy atom. The molecule has 0 spiro atoms. The number of hydrogen-bond acceptors (Lipinski definition) is 2. The number of rotatable bonds is 7. The third kappa shape index (κ3) is 2.71. The van der Waals surface area contributed by atoms with Gasteiger partial charge in [-0.1, -0.05) is 38.8 Å². The second-order valence-corrected chi connectivity index (χ2v) is 6.57. The first-order valence-corrected chi connectivity index (χ1v) is 7.98. The molecule has 20 heavy (non-hydrogen) atoms. The average molecular weight is 275 g/mol. The fourth-order valence-corrected chi connectivity index (χ4v) is 4.33. The molecule has 1 fully saturated rings. The summed E-state index contributed by atoms with van der Waals surface area (Å²) in [6, 6.07) is 8.53.